The van der Waals surface area contributed by atoms with Crippen LogP contribution < -0.4 is 10.5 Å². The number of benzene rings is 1. The van der Waals surface area contributed by atoms with Gasteiger partial charge in [-0.05, 0) is 30.7 Å². The highest BCUT2D eigenvalue weighted by Gasteiger charge is 2.40. The van der Waals surface area contributed by atoms with Crippen molar-refractivity contribution in [2.75, 3.05) is 37.6 Å². The van der Waals surface area contributed by atoms with Gasteiger partial charge in [0.2, 0.25) is 11.8 Å². The van der Waals surface area contributed by atoms with Crippen molar-refractivity contribution >= 4 is 45.4 Å². The molecule has 166 valence electrons. The lowest BCUT2D eigenvalue weighted by Gasteiger charge is -2.35. The van der Waals surface area contributed by atoms with Crippen molar-refractivity contribution in [1.82, 2.24) is 19.2 Å². The van der Waals surface area contributed by atoms with E-state index in [0.29, 0.717) is 55.7 Å². The number of anilines is 1. The van der Waals surface area contributed by atoms with E-state index in [1.54, 1.807) is 46.3 Å². The molecular weight excluding hydrogens is 450 g/mol. The highest BCUT2D eigenvalue weighted by molar-refractivity contribution is 7.15. The minimum atomic E-state index is -0.625. The Morgan fingerprint density at radius 2 is 1.84 bits per heavy atom. The number of carbonyl (C=O) groups is 2. The number of hydrogen-bond acceptors (Lipinski definition) is 6. The molecule has 8 nitrogen and oxygen atoms in total. The summed E-state index contributed by atoms with van der Waals surface area (Å²) in [6.07, 6.45) is 2.25. The van der Waals surface area contributed by atoms with Gasteiger partial charge in [0.05, 0.1) is 5.69 Å². The second-order valence-electron chi connectivity index (χ2n) is 8.05. The highest BCUT2D eigenvalue weighted by Crippen LogP contribution is 2.28. The maximum Gasteiger partial charge on any atom is 0.258 e. The summed E-state index contributed by atoms with van der Waals surface area (Å²) in [6, 6.07) is 8.68. The molecule has 10 heteroatoms. The molecule has 32 heavy (non-hydrogen) atoms. The van der Waals surface area contributed by atoms with Gasteiger partial charge in [-0.25, -0.2) is 4.98 Å². The average Bonchev–Trinajstić information content (AvgIpc) is 3.41. The van der Waals surface area contributed by atoms with Crippen molar-refractivity contribution in [3.8, 4) is 0 Å². The van der Waals surface area contributed by atoms with E-state index < -0.39 is 5.92 Å². The van der Waals surface area contributed by atoms with Crippen molar-refractivity contribution in [1.29, 1.82) is 0 Å². The van der Waals surface area contributed by atoms with Crippen molar-refractivity contribution < 1.29 is 9.59 Å². The van der Waals surface area contributed by atoms with E-state index in [1.807, 2.05) is 5.38 Å². The van der Waals surface area contributed by atoms with E-state index in [2.05, 4.69) is 9.88 Å². The van der Waals surface area contributed by atoms with Gasteiger partial charge in [0.25, 0.3) is 5.56 Å². The molecular formula is C22H22ClN5O3S. The van der Waals surface area contributed by atoms with Crippen molar-refractivity contribution in [3.05, 3.63) is 63.0 Å². The van der Waals surface area contributed by atoms with Crippen LogP contribution in [-0.4, -0.2) is 63.7 Å². The summed E-state index contributed by atoms with van der Waals surface area (Å²) < 4.78 is 1.54. The molecule has 0 aliphatic carbocycles. The minimum absolute atomic E-state index is 0.0787. The van der Waals surface area contributed by atoms with Crippen LogP contribution in [0.1, 0.15) is 12.1 Å². The van der Waals surface area contributed by atoms with Gasteiger partial charge in [-0.2, -0.15) is 0 Å². The monoisotopic (exact) mass is 471 g/mol. The fraction of sp³-hybridized carbons (Fsp3) is 0.364. The Morgan fingerprint density at radius 3 is 2.59 bits per heavy atom. The topological polar surface area (TPSA) is 78.2 Å². The number of carbonyl (C=O) groups excluding carboxylic acids is 2. The Labute approximate surface area is 193 Å². The SMILES string of the molecule is O=C(C1CCN(c2ccc(Cl)cc2)C1=O)N1CCN(Cc2cc(=O)n3ccsc3n2)CC1. The molecule has 0 spiro atoms. The molecule has 1 aromatic carbocycles. The maximum absolute atomic E-state index is 13.1. The number of piperazine rings is 1. The van der Waals surface area contributed by atoms with Crippen molar-refractivity contribution in [2.24, 2.45) is 5.92 Å². The Balaban J connectivity index is 1.18. The van der Waals surface area contributed by atoms with Crippen LogP contribution in [0.4, 0.5) is 5.69 Å². The third-order valence-corrected chi connectivity index (χ3v) is 7.08. The largest absolute Gasteiger partial charge is 0.339 e. The van der Waals surface area contributed by atoms with Crippen molar-refractivity contribution in [3.63, 3.8) is 0 Å². The number of amides is 2. The second kappa shape index (κ2) is 8.65. The first-order chi connectivity index (χ1) is 15.5. The number of fused-ring (bicyclic) bond motifs is 1. The van der Waals surface area contributed by atoms with Crippen LogP contribution in [0.5, 0.6) is 0 Å². The summed E-state index contributed by atoms with van der Waals surface area (Å²) in [4.78, 5) is 49.0. The Bertz CT molecular complexity index is 1220. The van der Waals surface area contributed by atoms with Gasteiger partial charge < -0.3 is 9.80 Å². The highest BCUT2D eigenvalue weighted by atomic mass is 35.5. The number of halogens is 1. The zero-order chi connectivity index (χ0) is 22.2. The van der Waals surface area contributed by atoms with Crippen LogP contribution in [0, 0.1) is 5.92 Å². The smallest absolute Gasteiger partial charge is 0.258 e. The molecule has 2 aliphatic heterocycles. The third-order valence-electron chi connectivity index (χ3n) is 6.07. The molecule has 2 aliphatic rings. The maximum atomic E-state index is 13.1. The van der Waals surface area contributed by atoms with Crippen LogP contribution in [-0.2, 0) is 16.1 Å². The zero-order valence-corrected chi connectivity index (χ0v) is 18.9. The molecule has 2 fully saturated rings. The lowest BCUT2D eigenvalue weighted by molar-refractivity contribution is -0.141. The number of aromatic nitrogens is 2. The molecule has 2 amide bonds. The van der Waals surface area contributed by atoms with Gasteiger partial charge in [-0.1, -0.05) is 11.6 Å². The molecule has 4 heterocycles. The van der Waals surface area contributed by atoms with E-state index in [9.17, 15) is 14.4 Å². The first-order valence-electron chi connectivity index (χ1n) is 10.5. The number of rotatable bonds is 4. The Morgan fingerprint density at radius 1 is 1.09 bits per heavy atom. The zero-order valence-electron chi connectivity index (χ0n) is 17.3. The predicted molar refractivity (Wildman–Crippen MR) is 123 cm³/mol. The molecule has 0 saturated carbocycles. The van der Waals surface area contributed by atoms with Gasteiger partial charge >= 0.3 is 0 Å². The summed E-state index contributed by atoms with van der Waals surface area (Å²) in [5.41, 5.74) is 1.43. The third kappa shape index (κ3) is 4.03. The van der Waals surface area contributed by atoms with Crippen LogP contribution in [0.25, 0.3) is 4.96 Å². The summed E-state index contributed by atoms with van der Waals surface area (Å²) >= 11 is 7.37. The molecule has 2 saturated heterocycles. The summed E-state index contributed by atoms with van der Waals surface area (Å²) in [5.74, 6) is -0.864. The fourth-order valence-electron chi connectivity index (χ4n) is 4.33. The van der Waals surface area contributed by atoms with Crippen LogP contribution in [0.15, 0.2) is 46.7 Å². The van der Waals surface area contributed by atoms with E-state index in [0.717, 1.165) is 11.4 Å². The van der Waals surface area contributed by atoms with E-state index in [1.165, 1.54) is 15.7 Å². The summed E-state index contributed by atoms with van der Waals surface area (Å²) in [7, 11) is 0. The van der Waals surface area contributed by atoms with Crippen LogP contribution in [0.3, 0.4) is 0 Å². The molecule has 1 atom stereocenters. The van der Waals surface area contributed by atoms with Crippen LogP contribution in [0.2, 0.25) is 5.02 Å². The molecule has 5 rings (SSSR count). The Kier molecular flexibility index (Phi) is 5.71. The first-order valence-corrected chi connectivity index (χ1v) is 11.8. The minimum Gasteiger partial charge on any atom is -0.339 e. The standard InChI is InChI=1S/C22H22ClN5O3S/c23-15-1-3-17(4-2-15)27-6-5-18(21(27)31)20(30)26-9-7-25(8-10-26)14-16-13-19(29)28-11-12-32-22(28)24-16/h1-4,11-13,18H,5-10,14H2. The van der Waals surface area contributed by atoms with Gasteiger partial charge in [-0.3, -0.25) is 23.7 Å². The number of nitrogens with zero attached hydrogens (tertiary/aromatic N) is 5. The molecule has 2 aromatic heterocycles. The quantitative estimate of drug-likeness (QED) is 0.544. The van der Waals surface area contributed by atoms with Crippen molar-refractivity contribution in [2.45, 2.75) is 13.0 Å². The first kappa shape index (κ1) is 21.1. The lowest BCUT2D eigenvalue weighted by atomic mass is 10.1. The average molecular weight is 472 g/mol. The molecule has 0 radical (unpaired) electrons. The predicted octanol–water partition coefficient (Wildman–Crippen LogP) is 2.11. The van der Waals surface area contributed by atoms with Gasteiger partial charge in [0, 0.05) is 67.6 Å². The second-order valence-corrected chi connectivity index (χ2v) is 9.36. The summed E-state index contributed by atoms with van der Waals surface area (Å²) in [6.45, 7) is 3.58. The van der Waals surface area contributed by atoms with Crippen LogP contribution >= 0.6 is 22.9 Å². The fourth-order valence-corrected chi connectivity index (χ4v) is 5.20. The molecule has 1 unspecified atom stereocenters. The van der Waals surface area contributed by atoms with E-state index in [-0.39, 0.29) is 17.4 Å². The normalized spacial score (nSPS) is 19.8. The lowest BCUT2D eigenvalue weighted by Crippen LogP contribution is -2.51. The van der Waals surface area contributed by atoms with Gasteiger partial charge in [-0.15, -0.1) is 11.3 Å². The molecule has 0 bridgehead atoms. The van der Waals surface area contributed by atoms with E-state index in [4.69, 9.17) is 11.6 Å². The molecule has 3 aromatic rings. The Hall–Kier alpha value is -2.75. The number of thiazole rings is 1. The number of hydrogen-bond donors (Lipinski definition) is 0. The van der Waals surface area contributed by atoms with E-state index >= 15 is 0 Å². The van der Waals surface area contributed by atoms with Gasteiger partial charge in [0.1, 0.15) is 5.92 Å². The molecule has 0 N–H and O–H groups in total. The van der Waals surface area contributed by atoms with Gasteiger partial charge in [0.15, 0.2) is 4.96 Å². The summed E-state index contributed by atoms with van der Waals surface area (Å²) in [5, 5.41) is 2.46.